The summed E-state index contributed by atoms with van der Waals surface area (Å²) in [5.41, 5.74) is 17.2. The van der Waals surface area contributed by atoms with Gasteiger partial charge in [0.25, 0.3) is 6.71 Å². The molecule has 83 heavy (non-hydrogen) atoms. The molecule has 0 aromatic heterocycles. The van der Waals surface area contributed by atoms with Gasteiger partial charge < -0.3 is 9.80 Å². The molecule has 0 bridgehead atoms. The van der Waals surface area contributed by atoms with Crippen molar-refractivity contribution in [1.29, 1.82) is 0 Å². The average Bonchev–Trinajstić information content (AvgIpc) is 0.686. The molecule has 0 atom stereocenters. The number of benzene rings is 12. The van der Waals surface area contributed by atoms with Crippen LogP contribution in [0.25, 0.3) is 77.9 Å². The van der Waals surface area contributed by atoms with Crippen LogP contribution in [-0.2, 0) is 10.8 Å². The lowest BCUT2D eigenvalue weighted by Crippen LogP contribution is -2.61. The summed E-state index contributed by atoms with van der Waals surface area (Å²) >= 11 is 0. The molecule has 12 aromatic carbocycles. The second-order valence-electron chi connectivity index (χ2n) is 23.6. The third-order valence-electron chi connectivity index (χ3n) is 16.4. The molecule has 2 heterocycles. The first-order valence-electron chi connectivity index (χ1n) is 34.3. The average molecular weight is 1080 g/mol. The molecule has 0 spiro atoms. The van der Waals surface area contributed by atoms with Crippen LogP contribution in [0.1, 0.15) is 69.1 Å². The molecule has 0 radical (unpaired) electrons. The minimum Gasteiger partial charge on any atom is -0.310 e. The Hall–Kier alpha value is -9.70. The Morgan fingerprint density at radius 3 is 1.05 bits per heavy atom. The Morgan fingerprint density at radius 1 is 0.301 bits per heavy atom. The smallest absolute Gasteiger partial charge is 0.252 e. The number of para-hydroxylation sites is 2. The maximum atomic E-state index is 9.66. The van der Waals surface area contributed by atoms with Gasteiger partial charge in [-0.1, -0.05) is 302 Å². The molecule has 14 rings (SSSR count). The minimum atomic E-state index is -0.807. The van der Waals surface area contributed by atoms with Gasteiger partial charge in [0.1, 0.15) is 0 Å². The van der Waals surface area contributed by atoms with E-state index in [0.717, 1.165) is 89.4 Å². The molecule has 2 aliphatic heterocycles. The lowest BCUT2D eigenvalue weighted by Gasteiger charge is -2.46. The lowest BCUT2D eigenvalue weighted by atomic mass is 9.33. The van der Waals surface area contributed by atoms with Crippen molar-refractivity contribution in [3.8, 4) is 77.9 Å². The molecule has 0 N–H and O–H groups in total. The van der Waals surface area contributed by atoms with Crippen LogP contribution < -0.4 is 26.2 Å². The van der Waals surface area contributed by atoms with E-state index in [9.17, 15) is 8.22 Å². The maximum Gasteiger partial charge on any atom is 0.252 e. The van der Waals surface area contributed by atoms with Crippen LogP contribution in [0.4, 0.5) is 34.1 Å². The molecule has 2 nitrogen and oxygen atoms in total. The highest BCUT2D eigenvalue weighted by Gasteiger charge is 2.46. The highest BCUT2D eigenvalue weighted by atomic mass is 15.2. The summed E-state index contributed by atoms with van der Waals surface area (Å²) in [6.45, 7) is 12.6. The molecule has 3 heteroatoms. The standard InChI is InChI=1S/C80H65BN2/c1-79(2,3)63-45-46-64(69(53-63)80(4,5)6)62-51-74-76-75(52-62)83(78-67(58-35-21-11-22-36-58)41-26-42-68(78)59-37-23-12-24-38-59)73-48-44-61(55-29-15-8-16-30-55)50-71(73)81(76)70-49-60(54-27-13-7-14-28-54)43-47-72(70)82(74)77-65(56-31-17-9-18-32-56)39-25-40-66(77)57-33-19-10-20-34-57/h7-53H,1-6H3/i7D,8D,13D,14D,15D,16D,25D,26D,27D,28D,29D,30D. The first-order chi connectivity index (χ1) is 45.4. The van der Waals surface area contributed by atoms with Gasteiger partial charge in [0.15, 0.2) is 0 Å². The summed E-state index contributed by atoms with van der Waals surface area (Å²) < 4.78 is 111. The molecular formula is C80H65BN2. The van der Waals surface area contributed by atoms with E-state index in [1.807, 2.05) is 182 Å². The molecular weight excluding hydrogens is 1000 g/mol. The van der Waals surface area contributed by atoms with Crippen molar-refractivity contribution < 1.29 is 16.4 Å². The highest BCUT2D eigenvalue weighted by molar-refractivity contribution is 7.00. The second-order valence-corrected chi connectivity index (χ2v) is 23.6. The van der Waals surface area contributed by atoms with Crippen molar-refractivity contribution >= 4 is 57.2 Å². The SMILES string of the molecule is [2H]c1cc(-c2ccccc2)c(N2c3ccc(-c4c([2H])c([2H])c([2H])c([2H])c4[2H])cc3B3c4cc(-c5c([2H])c([2H])c([2H])c([2H])c5[2H])ccc4N(c4c(-c5ccccc5)cc([2H])cc4-c4ccccc4)c4cc(-c5ccc(C(C)(C)C)cc5C(C)(C)C)cc2c43)c(-c2ccccc2)c1. The van der Waals surface area contributed by atoms with Gasteiger partial charge in [-0.3, -0.25) is 0 Å². The summed E-state index contributed by atoms with van der Waals surface area (Å²) in [6.07, 6.45) is 0. The van der Waals surface area contributed by atoms with Gasteiger partial charge in [0, 0.05) is 45.0 Å². The summed E-state index contributed by atoms with van der Waals surface area (Å²) in [5, 5.41) is 0. The normalized spacial score (nSPS) is 14.7. The predicted molar refractivity (Wildman–Crippen MR) is 356 cm³/mol. The van der Waals surface area contributed by atoms with Crippen LogP contribution in [0.3, 0.4) is 0 Å². The van der Waals surface area contributed by atoms with Gasteiger partial charge in [-0.25, -0.2) is 0 Å². The van der Waals surface area contributed by atoms with Gasteiger partial charge in [0.05, 0.1) is 27.8 Å². The van der Waals surface area contributed by atoms with E-state index in [4.69, 9.17) is 8.22 Å². The topological polar surface area (TPSA) is 6.48 Å². The summed E-state index contributed by atoms with van der Waals surface area (Å²) in [4.78, 5) is 4.58. The van der Waals surface area contributed by atoms with E-state index in [2.05, 4.69) is 81.7 Å². The van der Waals surface area contributed by atoms with Crippen molar-refractivity contribution in [1.82, 2.24) is 0 Å². The van der Waals surface area contributed by atoms with Gasteiger partial charge >= 0.3 is 0 Å². The van der Waals surface area contributed by atoms with Crippen LogP contribution >= 0.6 is 0 Å². The first-order valence-corrected chi connectivity index (χ1v) is 28.3. The van der Waals surface area contributed by atoms with Crippen LogP contribution in [0.5, 0.6) is 0 Å². The molecule has 0 saturated carbocycles. The van der Waals surface area contributed by atoms with Gasteiger partial charge in [0.2, 0.25) is 0 Å². The summed E-state index contributed by atoms with van der Waals surface area (Å²) in [7, 11) is 0. The van der Waals surface area contributed by atoms with Crippen molar-refractivity contribution in [3.05, 3.63) is 296 Å². The number of rotatable bonds is 9. The zero-order chi connectivity index (χ0) is 66.8. The van der Waals surface area contributed by atoms with E-state index in [1.165, 1.54) is 5.56 Å². The lowest BCUT2D eigenvalue weighted by molar-refractivity contribution is 0.570. The summed E-state index contributed by atoms with van der Waals surface area (Å²) in [6, 6.07) is 66.6. The van der Waals surface area contributed by atoms with E-state index in [-0.39, 0.29) is 58.2 Å². The van der Waals surface area contributed by atoms with Crippen LogP contribution in [0.2, 0.25) is 0 Å². The number of fused-ring (bicyclic) bond motifs is 4. The molecule has 0 unspecified atom stereocenters. The quantitative estimate of drug-likeness (QED) is 0.133. The van der Waals surface area contributed by atoms with Gasteiger partial charge in [-0.2, -0.15) is 0 Å². The van der Waals surface area contributed by atoms with E-state index in [1.54, 1.807) is 0 Å². The minimum absolute atomic E-state index is 0.00895. The van der Waals surface area contributed by atoms with Crippen molar-refractivity contribution in [2.24, 2.45) is 0 Å². The van der Waals surface area contributed by atoms with Crippen molar-refractivity contribution in [3.63, 3.8) is 0 Å². The molecule has 2 aliphatic rings. The predicted octanol–water partition coefficient (Wildman–Crippen LogP) is 20.0. The zero-order valence-corrected chi connectivity index (χ0v) is 47.2. The largest absolute Gasteiger partial charge is 0.310 e. The first kappa shape index (κ1) is 39.7. The molecule has 0 aliphatic carbocycles. The highest BCUT2D eigenvalue weighted by Crippen LogP contribution is 2.54. The Kier molecular flexibility index (Phi) is 9.88. The fourth-order valence-electron chi connectivity index (χ4n) is 12.4. The van der Waals surface area contributed by atoms with Gasteiger partial charge in [-0.15, -0.1) is 0 Å². The Labute approximate surface area is 507 Å². The van der Waals surface area contributed by atoms with E-state index in [0.29, 0.717) is 33.4 Å². The second kappa shape index (κ2) is 20.7. The fourth-order valence-corrected chi connectivity index (χ4v) is 12.4. The molecule has 12 aromatic rings. The molecule has 0 saturated heterocycles. The van der Waals surface area contributed by atoms with E-state index < -0.39 is 43.0 Å². The third kappa shape index (κ3) is 9.18. The summed E-state index contributed by atoms with van der Waals surface area (Å²) in [5.74, 6) is 0. The Bertz CT molecular complexity index is 4670. The molecule has 0 amide bonds. The zero-order valence-electron chi connectivity index (χ0n) is 59.2. The number of nitrogens with zero attached hydrogens (tertiary/aromatic N) is 2. The number of anilines is 6. The molecule has 0 fully saturated rings. The third-order valence-corrected chi connectivity index (χ3v) is 16.4. The van der Waals surface area contributed by atoms with Crippen LogP contribution in [-0.4, -0.2) is 6.71 Å². The number of hydrogen-bond acceptors (Lipinski definition) is 2. The fraction of sp³-hybridized carbons (Fsp3) is 0.100. The van der Waals surface area contributed by atoms with Crippen molar-refractivity contribution in [2.75, 3.05) is 9.80 Å². The van der Waals surface area contributed by atoms with Crippen molar-refractivity contribution in [2.45, 2.75) is 52.4 Å². The van der Waals surface area contributed by atoms with Crippen LogP contribution in [0, 0.1) is 0 Å². The molecule has 398 valence electrons. The van der Waals surface area contributed by atoms with Crippen LogP contribution in [0.15, 0.2) is 285 Å². The van der Waals surface area contributed by atoms with E-state index >= 15 is 0 Å². The number of hydrogen-bond donors (Lipinski definition) is 0. The Morgan fingerprint density at radius 2 is 0.687 bits per heavy atom. The van der Waals surface area contributed by atoms with Gasteiger partial charge in [-0.05, 0) is 118 Å². The monoisotopic (exact) mass is 1080 g/mol. The maximum absolute atomic E-state index is 9.66. The Balaban J connectivity index is 1.24.